The molecule has 3 atom stereocenters. The molecule has 6 aliphatic rings. The first-order valence-electron chi connectivity index (χ1n) is 30.7. The van der Waals surface area contributed by atoms with Crippen LogP contribution >= 0.6 is 0 Å². The van der Waals surface area contributed by atoms with Gasteiger partial charge in [-0.1, -0.05) is 188 Å². The third kappa shape index (κ3) is 7.32. The summed E-state index contributed by atoms with van der Waals surface area (Å²) >= 11 is 0. The molecule has 0 aromatic heterocycles. The topological polar surface area (TPSA) is 9.72 Å². The third-order valence-corrected chi connectivity index (χ3v) is 21.6. The van der Waals surface area contributed by atoms with Gasteiger partial charge in [0.15, 0.2) is 0 Å². The first kappa shape index (κ1) is 52.3. The van der Waals surface area contributed by atoms with Gasteiger partial charge in [0.05, 0.1) is 16.9 Å². The van der Waals surface area contributed by atoms with Crippen molar-refractivity contribution in [2.45, 2.75) is 187 Å². The number of hydrogen-bond donors (Lipinski definition) is 0. The Bertz CT molecular complexity index is 3960. The van der Waals surface area contributed by atoms with E-state index in [4.69, 9.17) is 0 Å². The summed E-state index contributed by atoms with van der Waals surface area (Å²) in [5.74, 6) is 0. The monoisotopic (exact) mass is 1060 g/mol. The van der Waals surface area contributed by atoms with Gasteiger partial charge < -0.3 is 14.7 Å². The molecule has 6 bridgehead atoms. The summed E-state index contributed by atoms with van der Waals surface area (Å²) in [4.78, 5) is 8.40. The van der Waals surface area contributed by atoms with Gasteiger partial charge >= 0.3 is 0 Å². The first-order valence-corrected chi connectivity index (χ1v) is 30.7. The Morgan fingerprint density at radius 3 is 1.54 bits per heavy atom. The summed E-state index contributed by atoms with van der Waals surface area (Å²) in [6.45, 7) is 39.3. The van der Waals surface area contributed by atoms with Crippen LogP contribution in [0.2, 0.25) is 0 Å². The molecule has 0 spiro atoms. The number of benzene rings is 8. The molecule has 2 aliphatic carbocycles. The Morgan fingerprint density at radius 2 is 0.975 bits per heavy atom. The van der Waals surface area contributed by atoms with Gasteiger partial charge in [0, 0.05) is 56.1 Å². The lowest BCUT2D eigenvalue weighted by Crippen LogP contribution is -2.62. The van der Waals surface area contributed by atoms with E-state index in [0.717, 1.165) is 19.3 Å². The van der Waals surface area contributed by atoms with Crippen LogP contribution in [0.15, 0.2) is 146 Å². The van der Waals surface area contributed by atoms with Crippen LogP contribution in [0.3, 0.4) is 0 Å². The van der Waals surface area contributed by atoms with Gasteiger partial charge in [-0.3, -0.25) is 0 Å². The summed E-state index contributed by atoms with van der Waals surface area (Å²) in [5, 5.41) is 0. The maximum absolute atomic E-state index is 2.92. The quantitative estimate of drug-likeness (QED) is 0.163. The molecule has 0 radical (unpaired) electrons. The predicted octanol–water partition coefficient (Wildman–Crippen LogP) is 19.0. The Labute approximate surface area is 485 Å². The maximum atomic E-state index is 2.92. The van der Waals surface area contributed by atoms with E-state index in [1.165, 1.54) is 142 Å². The number of fused-ring (bicyclic) bond motifs is 7. The van der Waals surface area contributed by atoms with Gasteiger partial charge in [-0.05, 0) is 206 Å². The van der Waals surface area contributed by atoms with Crippen LogP contribution in [0.25, 0.3) is 22.3 Å². The zero-order chi connectivity index (χ0) is 56.9. The fourth-order valence-corrected chi connectivity index (χ4v) is 16.8. The van der Waals surface area contributed by atoms with Gasteiger partial charge in [-0.15, -0.1) is 0 Å². The largest absolute Gasteiger partial charge is 0.334 e. The van der Waals surface area contributed by atoms with Crippen LogP contribution in [-0.4, -0.2) is 12.3 Å². The molecule has 8 aromatic carbocycles. The van der Waals surface area contributed by atoms with Gasteiger partial charge in [0.25, 0.3) is 6.71 Å². The molecule has 4 aliphatic heterocycles. The van der Waals surface area contributed by atoms with Crippen molar-refractivity contribution in [1.82, 2.24) is 0 Å². The second-order valence-corrected chi connectivity index (χ2v) is 30.1. The molecule has 0 amide bonds. The van der Waals surface area contributed by atoms with E-state index in [2.05, 4.69) is 271 Å². The van der Waals surface area contributed by atoms with E-state index in [1.54, 1.807) is 11.1 Å². The van der Waals surface area contributed by atoms with Gasteiger partial charge in [0.1, 0.15) is 0 Å². The highest BCUT2D eigenvalue weighted by Gasteiger charge is 2.60. The molecule has 1 fully saturated rings. The van der Waals surface area contributed by atoms with Crippen molar-refractivity contribution >= 4 is 68.6 Å². The highest BCUT2D eigenvalue weighted by Crippen LogP contribution is 2.65. The highest BCUT2D eigenvalue weighted by atomic mass is 15.3. The fourth-order valence-electron chi connectivity index (χ4n) is 16.8. The Morgan fingerprint density at radius 1 is 0.444 bits per heavy atom. The minimum atomic E-state index is -0.228. The van der Waals surface area contributed by atoms with Crippen molar-refractivity contribution in [2.24, 2.45) is 0 Å². The van der Waals surface area contributed by atoms with Crippen LogP contribution in [0, 0.1) is 13.8 Å². The maximum Gasteiger partial charge on any atom is 0.252 e. The second-order valence-electron chi connectivity index (χ2n) is 30.1. The zero-order valence-corrected chi connectivity index (χ0v) is 51.5. The molecule has 410 valence electrons. The van der Waals surface area contributed by atoms with Crippen LogP contribution in [0.5, 0.6) is 0 Å². The molecule has 3 nitrogen and oxygen atoms in total. The molecule has 4 heterocycles. The summed E-state index contributed by atoms with van der Waals surface area (Å²) in [5.41, 5.74) is 31.8. The van der Waals surface area contributed by atoms with Crippen LogP contribution in [0.1, 0.15) is 186 Å². The number of aryl methyl sites for hydroxylation is 1. The average molecular weight is 1060 g/mol. The Hall–Kier alpha value is -6.78. The average Bonchev–Trinajstić information content (AvgIpc) is 3.90. The molecular weight excluding hydrogens is 978 g/mol. The molecular formula is C77H84BN3. The van der Waals surface area contributed by atoms with Gasteiger partial charge in [-0.25, -0.2) is 0 Å². The van der Waals surface area contributed by atoms with Crippen molar-refractivity contribution in [1.29, 1.82) is 0 Å². The van der Waals surface area contributed by atoms with E-state index in [-0.39, 0.29) is 44.7 Å². The third-order valence-electron chi connectivity index (χ3n) is 21.6. The fraction of sp³-hybridized carbons (Fsp3) is 0.377. The molecule has 1 saturated carbocycles. The standard InChI is InChI=1S/C77H84BN3/c1-47-39-59-70-48(2)68(47)75(14)38-37-74(12,13)57-46-65-61(45-58(57)75)78-60-44-54(81(70)77(16)36-24-23-35-76(59,77)15)31-34-64(60)79(62-32-29-51(71(3,4)5)40-55(62)49-25-19-17-20-26-49)66-42-53(73(9,10)11)43-67(69(66)78)80(65)63-33-30-52(72(6,7)8)41-56(63)50-27-21-18-22-28-50/h17-22,25-34,39-46H,23-24,35-38H2,1-16H3. The van der Waals surface area contributed by atoms with E-state index >= 15 is 0 Å². The molecule has 4 heteroatoms. The van der Waals surface area contributed by atoms with Crippen LogP contribution in [-0.2, 0) is 32.5 Å². The summed E-state index contributed by atoms with van der Waals surface area (Å²) < 4.78 is 0. The SMILES string of the molecule is Cc1cc2c3c(C)c1C1(C)CCC(C)(C)c4cc5c(cc41)B1c4cc(ccc4N(c4ccc(C(C)(C)C)cc4-c4ccccc4)c4cc(C(C)(C)C)cc(c41)N5c1ccc(C(C)(C)C)cc1-c1ccccc1)N3C1(C)CCCCC21C. The zero-order valence-electron chi connectivity index (χ0n) is 51.5. The van der Waals surface area contributed by atoms with Gasteiger partial charge in [-0.2, -0.15) is 0 Å². The number of rotatable bonds is 4. The lowest BCUT2D eigenvalue weighted by molar-refractivity contribution is 0.195. The second kappa shape index (κ2) is 17.2. The molecule has 0 saturated heterocycles. The lowest BCUT2D eigenvalue weighted by atomic mass is 9.33. The van der Waals surface area contributed by atoms with E-state index < -0.39 is 0 Å². The molecule has 14 rings (SSSR count). The smallest absolute Gasteiger partial charge is 0.252 e. The normalized spacial score (nSPS) is 21.9. The number of anilines is 8. The van der Waals surface area contributed by atoms with Crippen molar-refractivity contribution in [3.63, 3.8) is 0 Å². The highest BCUT2D eigenvalue weighted by molar-refractivity contribution is 7.00. The Balaban J connectivity index is 1.19. The molecule has 8 aromatic rings. The van der Waals surface area contributed by atoms with Crippen molar-refractivity contribution < 1.29 is 0 Å². The number of hydrogen-bond acceptors (Lipinski definition) is 3. The molecule has 81 heavy (non-hydrogen) atoms. The Kier molecular flexibility index (Phi) is 11.1. The molecule has 0 N–H and O–H groups in total. The van der Waals surface area contributed by atoms with E-state index in [0.29, 0.717) is 0 Å². The summed E-state index contributed by atoms with van der Waals surface area (Å²) in [6.07, 6.45) is 7.06. The lowest BCUT2D eigenvalue weighted by Gasteiger charge is -2.51. The first-order chi connectivity index (χ1) is 38.2. The van der Waals surface area contributed by atoms with E-state index in [1.807, 2.05) is 0 Å². The van der Waals surface area contributed by atoms with Crippen molar-refractivity contribution in [3.05, 3.63) is 196 Å². The minimum absolute atomic E-state index is 0.00498. The minimum Gasteiger partial charge on any atom is -0.334 e. The summed E-state index contributed by atoms with van der Waals surface area (Å²) in [7, 11) is 0. The van der Waals surface area contributed by atoms with Crippen LogP contribution < -0.4 is 31.1 Å². The van der Waals surface area contributed by atoms with Crippen LogP contribution in [0.4, 0.5) is 45.5 Å². The van der Waals surface area contributed by atoms with Crippen molar-refractivity contribution in [2.75, 3.05) is 14.7 Å². The predicted molar refractivity (Wildman–Crippen MR) is 348 cm³/mol. The van der Waals surface area contributed by atoms with Gasteiger partial charge in [0.2, 0.25) is 0 Å². The summed E-state index contributed by atoms with van der Waals surface area (Å²) in [6, 6.07) is 58.5. The van der Waals surface area contributed by atoms with Crippen molar-refractivity contribution in [3.8, 4) is 22.3 Å². The van der Waals surface area contributed by atoms with E-state index in [9.17, 15) is 0 Å². The number of nitrogens with zero attached hydrogens (tertiary/aromatic N) is 3. The molecule has 3 unspecified atom stereocenters.